The molecule has 0 amide bonds. The number of halogens is 2. The average Bonchev–Trinajstić information content (AvgIpc) is 2.16. The summed E-state index contributed by atoms with van der Waals surface area (Å²) in [6.07, 6.45) is 0. The highest BCUT2D eigenvalue weighted by molar-refractivity contribution is 7.55. The Morgan fingerprint density at radius 1 is 1.14 bits per heavy atom. The normalized spacial score (nSPS) is 49.5. The molecule has 2 aliphatic heterocycles. The van der Waals surface area contributed by atoms with Crippen molar-refractivity contribution in [2.24, 2.45) is 5.41 Å². The van der Waals surface area contributed by atoms with Crippen LogP contribution in [0.3, 0.4) is 0 Å². The van der Waals surface area contributed by atoms with Crippen LogP contribution in [-0.2, 0) is 18.1 Å². The summed E-state index contributed by atoms with van der Waals surface area (Å²) in [6.45, 7) is -0.0711. The van der Waals surface area contributed by atoms with Gasteiger partial charge in [-0.05, 0) is 0 Å². The van der Waals surface area contributed by atoms with Crippen molar-refractivity contribution < 1.29 is 31.4 Å². The maximum atomic E-state index is 12.8. The summed E-state index contributed by atoms with van der Waals surface area (Å²) >= 11 is 0. The zero-order valence-corrected chi connectivity index (χ0v) is 8.85. The van der Waals surface area contributed by atoms with Crippen molar-refractivity contribution >= 4 is 16.9 Å². The number of hydrogen-bond donors (Lipinski definition) is 1. The molecule has 9 heteroatoms. The fourth-order valence-electron chi connectivity index (χ4n) is 1.13. The lowest BCUT2D eigenvalue weighted by atomic mass is 9.93. The van der Waals surface area contributed by atoms with E-state index in [2.05, 4.69) is 18.1 Å². The Hall–Kier alpha value is 0.520. The first kappa shape index (κ1) is 11.0. The molecule has 2 aliphatic rings. The molecule has 1 spiro atoms. The minimum absolute atomic E-state index is 0.0508. The van der Waals surface area contributed by atoms with Crippen molar-refractivity contribution in [3.63, 3.8) is 0 Å². The zero-order chi connectivity index (χ0) is 10.2. The predicted molar refractivity (Wildman–Crippen MR) is 44.5 cm³/mol. The van der Waals surface area contributed by atoms with Gasteiger partial charge in [0.25, 0.3) is 0 Å². The van der Waals surface area contributed by atoms with E-state index >= 15 is 0 Å². The molecular weight excluding hydrogens is 240 g/mol. The van der Waals surface area contributed by atoms with E-state index in [0.717, 1.165) is 0 Å². The summed E-state index contributed by atoms with van der Waals surface area (Å²) < 4.78 is 43.6. The van der Waals surface area contributed by atoms with Crippen molar-refractivity contribution in [1.82, 2.24) is 0 Å². The molecule has 0 bridgehead atoms. The molecule has 2 saturated heterocycles. The van der Waals surface area contributed by atoms with Crippen molar-refractivity contribution in [2.75, 3.05) is 26.4 Å². The Kier molecular flexibility index (Phi) is 3.02. The standard InChI is InChI=1S/C5H9F2O5P2/c6-13-9-1-5(2-10-13)3-11-14(7,8)12-4-5/h8H,1-4H2/q+1. The van der Waals surface area contributed by atoms with Crippen LogP contribution in [0, 0.1) is 5.41 Å². The van der Waals surface area contributed by atoms with Gasteiger partial charge in [0.1, 0.15) is 13.2 Å². The zero-order valence-electron chi connectivity index (χ0n) is 7.06. The molecule has 0 radical (unpaired) electrons. The van der Waals surface area contributed by atoms with Crippen LogP contribution in [0.4, 0.5) is 8.39 Å². The van der Waals surface area contributed by atoms with E-state index in [1.807, 2.05) is 0 Å². The Labute approximate surface area is 81.0 Å². The molecule has 0 unspecified atom stereocenters. The lowest BCUT2D eigenvalue weighted by Gasteiger charge is -2.36. The number of hydrogen-bond acceptors (Lipinski definition) is 5. The van der Waals surface area contributed by atoms with Gasteiger partial charge in [0.15, 0.2) is 0 Å². The largest absolute Gasteiger partial charge is 0.620 e. The van der Waals surface area contributed by atoms with Crippen LogP contribution in [0.2, 0.25) is 0 Å². The summed E-state index contributed by atoms with van der Waals surface area (Å²) in [6, 6.07) is 0. The smallest absolute Gasteiger partial charge is 0.308 e. The molecule has 5 nitrogen and oxygen atoms in total. The molecule has 0 atom stereocenters. The highest BCUT2D eigenvalue weighted by Gasteiger charge is 2.56. The van der Waals surface area contributed by atoms with Crippen molar-refractivity contribution in [1.29, 1.82) is 0 Å². The summed E-state index contributed by atoms with van der Waals surface area (Å²) in [7, 11) is -6.47. The molecule has 2 heterocycles. The minimum atomic E-state index is -4.14. The Bertz CT molecular complexity index is 208. The Morgan fingerprint density at radius 2 is 1.64 bits per heavy atom. The fourth-order valence-corrected chi connectivity index (χ4v) is 2.90. The molecular formula is C5H9F2O5P2+. The first-order valence-corrected chi connectivity index (χ1v) is 6.37. The monoisotopic (exact) mass is 249 g/mol. The maximum Gasteiger partial charge on any atom is 0.620 e. The molecule has 82 valence electrons. The van der Waals surface area contributed by atoms with Crippen LogP contribution in [-0.4, -0.2) is 31.3 Å². The quantitative estimate of drug-likeness (QED) is 0.664. The van der Waals surface area contributed by atoms with Crippen LogP contribution < -0.4 is 0 Å². The van der Waals surface area contributed by atoms with E-state index in [1.54, 1.807) is 0 Å². The first-order valence-electron chi connectivity index (χ1n) is 3.84. The van der Waals surface area contributed by atoms with Gasteiger partial charge >= 0.3 is 16.9 Å². The van der Waals surface area contributed by atoms with Gasteiger partial charge in [-0.2, -0.15) is 9.09 Å². The summed E-state index contributed by atoms with van der Waals surface area (Å²) in [5.41, 5.74) is -0.691. The first-order chi connectivity index (χ1) is 6.52. The third-order valence-corrected chi connectivity index (χ3v) is 3.56. The van der Waals surface area contributed by atoms with Crippen LogP contribution in [0.25, 0.3) is 0 Å². The van der Waals surface area contributed by atoms with E-state index in [0.29, 0.717) is 0 Å². The van der Waals surface area contributed by atoms with Crippen LogP contribution in [0.1, 0.15) is 0 Å². The highest BCUT2D eigenvalue weighted by Crippen LogP contribution is 2.63. The average molecular weight is 249 g/mol. The van der Waals surface area contributed by atoms with Gasteiger partial charge in [-0.3, -0.25) is 0 Å². The molecule has 0 saturated carbocycles. The second-order valence-corrected chi connectivity index (χ2v) is 5.62. The highest BCUT2D eigenvalue weighted by atomic mass is 31.3. The van der Waals surface area contributed by atoms with Gasteiger partial charge in [0.2, 0.25) is 0 Å². The van der Waals surface area contributed by atoms with Gasteiger partial charge in [0.05, 0.1) is 18.6 Å². The molecule has 2 rings (SSSR count). The summed E-state index contributed by atoms with van der Waals surface area (Å²) in [5, 5.41) is 0. The molecule has 0 aromatic heterocycles. The SMILES string of the molecule is O[P+]1(F)OCC2(COP(F)OC2)CO1. The van der Waals surface area contributed by atoms with Crippen LogP contribution in [0.15, 0.2) is 0 Å². The van der Waals surface area contributed by atoms with E-state index in [9.17, 15) is 8.39 Å². The fraction of sp³-hybridized carbons (Fsp3) is 1.00. The maximum absolute atomic E-state index is 12.8. The second-order valence-electron chi connectivity index (χ2n) is 3.26. The van der Waals surface area contributed by atoms with Gasteiger partial charge in [-0.25, -0.2) is 0 Å². The van der Waals surface area contributed by atoms with Gasteiger partial charge in [-0.15, -0.1) is 9.05 Å². The molecule has 0 aliphatic carbocycles. The van der Waals surface area contributed by atoms with Gasteiger partial charge in [-0.1, -0.05) is 0 Å². The summed E-state index contributed by atoms with van der Waals surface area (Å²) in [4.78, 5) is 8.79. The lowest BCUT2D eigenvalue weighted by molar-refractivity contribution is -0.0800. The molecule has 14 heavy (non-hydrogen) atoms. The molecule has 1 N–H and O–H groups in total. The van der Waals surface area contributed by atoms with Crippen molar-refractivity contribution in [3.05, 3.63) is 0 Å². The van der Waals surface area contributed by atoms with E-state index < -0.39 is 22.4 Å². The molecule has 0 aromatic carbocycles. The Balaban J connectivity index is 1.93. The van der Waals surface area contributed by atoms with Crippen LogP contribution >= 0.6 is 16.9 Å². The summed E-state index contributed by atoms with van der Waals surface area (Å²) in [5.74, 6) is 0. The topological polar surface area (TPSA) is 57.2 Å². The lowest BCUT2D eigenvalue weighted by Crippen LogP contribution is -2.45. The third kappa shape index (κ3) is 2.36. The van der Waals surface area contributed by atoms with Gasteiger partial charge < -0.3 is 9.05 Å². The molecule has 0 aromatic rings. The second kappa shape index (κ2) is 3.83. The number of rotatable bonds is 0. The van der Waals surface area contributed by atoms with Crippen LogP contribution in [0.5, 0.6) is 0 Å². The van der Waals surface area contributed by atoms with E-state index in [4.69, 9.17) is 4.89 Å². The Morgan fingerprint density at radius 3 is 2.14 bits per heavy atom. The van der Waals surface area contributed by atoms with E-state index in [1.165, 1.54) is 0 Å². The van der Waals surface area contributed by atoms with Gasteiger partial charge in [0, 0.05) is 4.20 Å². The minimum Gasteiger partial charge on any atom is -0.308 e. The van der Waals surface area contributed by atoms with E-state index in [-0.39, 0.29) is 26.4 Å². The third-order valence-electron chi connectivity index (χ3n) is 2.00. The van der Waals surface area contributed by atoms with Crippen molar-refractivity contribution in [3.8, 4) is 0 Å². The molecule has 2 fully saturated rings. The predicted octanol–water partition coefficient (Wildman–Crippen LogP) is 1.90. The van der Waals surface area contributed by atoms with Crippen molar-refractivity contribution in [2.45, 2.75) is 0 Å².